The average molecular weight is 317 g/mol. The summed E-state index contributed by atoms with van der Waals surface area (Å²) in [6.45, 7) is 3.82. The number of aliphatic hydroxyl groups excluding tert-OH is 1. The monoisotopic (exact) mass is 317 g/mol. The lowest BCUT2D eigenvalue weighted by Crippen LogP contribution is -2.28. The van der Waals surface area contributed by atoms with Gasteiger partial charge in [-0.25, -0.2) is 9.97 Å². The van der Waals surface area contributed by atoms with Gasteiger partial charge < -0.3 is 25.8 Å². The van der Waals surface area contributed by atoms with E-state index in [1.165, 1.54) is 6.33 Å². The Kier molecular flexibility index (Phi) is 5.99. The van der Waals surface area contributed by atoms with E-state index >= 15 is 0 Å². The van der Waals surface area contributed by atoms with Crippen molar-refractivity contribution in [3.63, 3.8) is 0 Å². The number of rotatable bonds is 8. The van der Waals surface area contributed by atoms with Crippen molar-refractivity contribution < 1.29 is 9.84 Å². The maximum Gasteiger partial charge on any atom is 0.157 e. The van der Waals surface area contributed by atoms with Crippen molar-refractivity contribution in [3.05, 3.63) is 36.2 Å². The number of nitrogens with one attached hydrogen (secondary N) is 1. The van der Waals surface area contributed by atoms with Crippen molar-refractivity contribution in [3.8, 4) is 5.75 Å². The molecule has 1 aromatic carbocycles. The fourth-order valence-electron chi connectivity index (χ4n) is 2.24. The number of nitrogens with zero attached hydrogens (tertiary/aromatic N) is 3. The Labute approximate surface area is 136 Å². The summed E-state index contributed by atoms with van der Waals surface area (Å²) in [6.07, 6.45) is 1.47. The number of nitrogen functional groups attached to an aromatic ring is 1. The van der Waals surface area contributed by atoms with Crippen LogP contribution >= 0.6 is 0 Å². The van der Waals surface area contributed by atoms with Crippen molar-refractivity contribution in [1.82, 2.24) is 9.97 Å². The highest BCUT2D eigenvalue weighted by Gasteiger charge is 2.13. The molecule has 2 rings (SSSR count). The summed E-state index contributed by atoms with van der Waals surface area (Å²) in [6, 6.07) is 7.78. The minimum absolute atomic E-state index is 0.0475. The van der Waals surface area contributed by atoms with Gasteiger partial charge in [-0.1, -0.05) is 12.1 Å². The van der Waals surface area contributed by atoms with Crippen LogP contribution < -0.4 is 20.7 Å². The fraction of sp³-hybridized carbons (Fsp3) is 0.375. The first kappa shape index (κ1) is 16.8. The Morgan fingerprint density at radius 3 is 2.61 bits per heavy atom. The Bertz CT molecular complexity index is 618. The van der Waals surface area contributed by atoms with E-state index in [0.717, 1.165) is 11.3 Å². The number of hydrogen-bond donors (Lipinski definition) is 3. The van der Waals surface area contributed by atoms with Crippen molar-refractivity contribution >= 4 is 17.3 Å². The molecule has 1 heterocycles. The first-order valence-corrected chi connectivity index (χ1v) is 7.52. The molecule has 2 aromatic rings. The summed E-state index contributed by atoms with van der Waals surface area (Å²) < 4.78 is 5.14. The third-order valence-corrected chi connectivity index (χ3v) is 3.53. The van der Waals surface area contributed by atoms with Crippen LogP contribution in [0.25, 0.3) is 0 Å². The van der Waals surface area contributed by atoms with Crippen LogP contribution in [0.4, 0.5) is 17.3 Å². The summed E-state index contributed by atoms with van der Waals surface area (Å²) in [7, 11) is 1.64. The molecule has 0 unspecified atom stereocenters. The van der Waals surface area contributed by atoms with E-state index in [9.17, 15) is 0 Å². The Morgan fingerprint density at radius 2 is 2.00 bits per heavy atom. The summed E-state index contributed by atoms with van der Waals surface area (Å²) in [4.78, 5) is 10.3. The summed E-state index contributed by atoms with van der Waals surface area (Å²) in [5.74, 6) is 2.04. The van der Waals surface area contributed by atoms with Gasteiger partial charge >= 0.3 is 0 Å². The highest BCUT2D eigenvalue weighted by Crippen LogP contribution is 2.26. The van der Waals surface area contributed by atoms with E-state index in [1.54, 1.807) is 7.11 Å². The fourth-order valence-corrected chi connectivity index (χ4v) is 2.24. The molecule has 23 heavy (non-hydrogen) atoms. The number of anilines is 3. The number of nitrogens with two attached hydrogens (primary N) is 1. The van der Waals surface area contributed by atoms with Crippen LogP contribution in [-0.2, 0) is 6.54 Å². The molecule has 0 atom stereocenters. The van der Waals surface area contributed by atoms with Crippen LogP contribution in [0.5, 0.6) is 5.75 Å². The second-order valence-electron chi connectivity index (χ2n) is 4.96. The quantitative estimate of drug-likeness (QED) is 0.679. The molecule has 124 valence electrons. The lowest BCUT2D eigenvalue weighted by atomic mass is 10.2. The molecular formula is C16H23N5O2. The Morgan fingerprint density at radius 1 is 1.26 bits per heavy atom. The SMILES string of the molecule is CCN(CCO)c1ncnc(NCc2ccc(OC)cc2)c1N. The van der Waals surface area contributed by atoms with E-state index in [2.05, 4.69) is 15.3 Å². The summed E-state index contributed by atoms with van der Waals surface area (Å²) >= 11 is 0. The molecule has 7 heteroatoms. The summed E-state index contributed by atoms with van der Waals surface area (Å²) in [5.41, 5.74) is 7.74. The van der Waals surface area contributed by atoms with Crippen LogP contribution in [0.3, 0.4) is 0 Å². The van der Waals surface area contributed by atoms with Gasteiger partial charge in [0.15, 0.2) is 11.6 Å². The van der Waals surface area contributed by atoms with Gasteiger partial charge in [-0.2, -0.15) is 0 Å². The van der Waals surface area contributed by atoms with Crippen LogP contribution in [0.15, 0.2) is 30.6 Å². The van der Waals surface area contributed by atoms with E-state index in [-0.39, 0.29) is 6.61 Å². The lowest BCUT2D eigenvalue weighted by molar-refractivity contribution is 0.302. The molecule has 4 N–H and O–H groups in total. The molecule has 0 fully saturated rings. The van der Waals surface area contributed by atoms with E-state index in [1.807, 2.05) is 36.1 Å². The molecule has 0 saturated carbocycles. The predicted octanol–water partition coefficient (Wildman–Crippen LogP) is 1.50. The average Bonchev–Trinajstić information content (AvgIpc) is 2.59. The first-order valence-electron chi connectivity index (χ1n) is 7.52. The molecule has 0 aliphatic heterocycles. The topological polar surface area (TPSA) is 96.5 Å². The van der Waals surface area contributed by atoms with Crippen LogP contribution in [0.2, 0.25) is 0 Å². The van der Waals surface area contributed by atoms with Gasteiger partial charge in [-0.15, -0.1) is 0 Å². The normalized spacial score (nSPS) is 10.4. The second kappa shape index (κ2) is 8.19. The second-order valence-corrected chi connectivity index (χ2v) is 4.96. The molecule has 0 aliphatic rings. The molecule has 0 saturated heterocycles. The summed E-state index contributed by atoms with van der Waals surface area (Å²) in [5, 5.41) is 12.4. The van der Waals surface area contributed by atoms with Crippen LogP contribution in [0.1, 0.15) is 12.5 Å². The number of methoxy groups -OCH3 is 1. The largest absolute Gasteiger partial charge is 0.497 e. The zero-order valence-corrected chi connectivity index (χ0v) is 13.5. The third kappa shape index (κ3) is 4.23. The maximum absolute atomic E-state index is 9.13. The van der Waals surface area contributed by atoms with Crippen molar-refractivity contribution in [2.24, 2.45) is 0 Å². The number of aromatic nitrogens is 2. The molecular weight excluding hydrogens is 294 g/mol. The van der Waals surface area contributed by atoms with Gasteiger partial charge in [-0.05, 0) is 24.6 Å². The molecule has 0 bridgehead atoms. The molecule has 0 radical (unpaired) electrons. The number of benzene rings is 1. The first-order chi connectivity index (χ1) is 11.2. The predicted molar refractivity (Wildman–Crippen MR) is 91.7 cm³/mol. The van der Waals surface area contributed by atoms with E-state index < -0.39 is 0 Å². The van der Waals surface area contributed by atoms with Crippen LogP contribution in [0, 0.1) is 0 Å². The zero-order valence-electron chi connectivity index (χ0n) is 13.5. The molecule has 0 spiro atoms. The zero-order chi connectivity index (χ0) is 16.7. The number of aliphatic hydroxyl groups is 1. The number of hydrogen-bond acceptors (Lipinski definition) is 7. The van der Waals surface area contributed by atoms with Gasteiger partial charge in [0.25, 0.3) is 0 Å². The van der Waals surface area contributed by atoms with Gasteiger partial charge in [0.1, 0.15) is 17.8 Å². The Balaban J connectivity index is 2.10. The third-order valence-electron chi connectivity index (χ3n) is 3.53. The van der Waals surface area contributed by atoms with Crippen molar-refractivity contribution in [1.29, 1.82) is 0 Å². The minimum atomic E-state index is 0.0475. The number of ether oxygens (including phenoxy) is 1. The van der Waals surface area contributed by atoms with Crippen molar-refractivity contribution in [2.75, 3.05) is 42.8 Å². The molecule has 1 aromatic heterocycles. The Hall–Kier alpha value is -2.54. The standard InChI is InChI=1S/C16H23N5O2/c1-3-21(8-9-22)16-14(17)15(19-11-20-16)18-10-12-4-6-13(23-2)7-5-12/h4-7,11,22H,3,8-10,17H2,1-2H3,(H,18,19,20). The van der Waals surface area contributed by atoms with Crippen LogP contribution in [-0.4, -0.2) is 41.9 Å². The lowest BCUT2D eigenvalue weighted by Gasteiger charge is -2.23. The van der Waals surface area contributed by atoms with Crippen molar-refractivity contribution in [2.45, 2.75) is 13.5 Å². The maximum atomic E-state index is 9.13. The highest BCUT2D eigenvalue weighted by atomic mass is 16.5. The van der Waals surface area contributed by atoms with Gasteiger partial charge in [0, 0.05) is 19.6 Å². The minimum Gasteiger partial charge on any atom is -0.497 e. The van der Waals surface area contributed by atoms with Gasteiger partial charge in [-0.3, -0.25) is 0 Å². The number of likely N-dealkylation sites (N-methyl/N-ethyl adjacent to an activating group) is 1. The smallest absolute Gasteiger partial charge is 0.157 e. The highest BCUT2D eigenvalue weighted by molar-refractivity contribution is 5.74. The molecule has 7 nitrogen and oxygen atoms in total. The van der Waals surface area contributed by atoms with Gasteiger partial charge in [0.2, 0.25) is 0 Å². The van der Waals surface area contributed by atoms with Gasteiger partial charge in [0.05, 0.1) is 13.7 Å². The molecule has 0 aliphatic carbocycles. The van der Waals surface area contributed by atoms with E-state index in [4.69, 9.17) is 15.6 Å². The van der Waals surface area contributed by atoms with E-state index in [0.29, 0.717) is 37.0 Å². The molecule has 0 amide bonds.